The third-order valence-electron chi connectivity index (χ3n) is 4.29. The van der Waals surface area contributed by atoms with Crippen molar-refractivity contribution in [2.45, 2.75) is 40.2 Å². The van der Waals surface area contributed by atoms with E-state index in [4.69, 9.17) is 4.52 Å². The standard InChI is InChI=1S/C17H24N4O2S/c1-11(2)16-18-15(23-19-16)10-20-5-7-21(8-6-20)17(22)14-9-12(3)24-13(14)4/h9,11H,5-8,10H2,1-4H3. The van der Waals surface area contributed by atoms with Crippen molar-refractivity contribution in [3.63, 3.8) is 0 Å². The summed E-state index contributed by atoms with van der Waals surface area (Å²) in [5, 5.41) is 4.00. The molecule has 0 atom stereocenters. The van der Waals surface area contributed by atoms with Crippen LogP contribution in [0.25, 0.3) is 0 Å². The van der Waals surface area contributed by atoms with E-state index >= 15 is 0 Å². The van der Waals surface area contributed by atoms with Gasteiger partial charge in [-0.2, -0.15) is 4.98 Å². The molecule has 0 aliphatic carbocycles. The molecule has 3 rings (SSSR count). The lowest BCUT2D eigenvalue weighted by Crippen LogP contribution is -2.48. The lowest BCUT2D eigenvalue weighted by molar-refractivity contribution is 0.0615. The number of aryl methyl sites for hydroxylation is 2. The maximum Gasteiger partial charge on any atom is 0.255 e. The Hall–Kier alpha value is -1.73. The Morgan fingerprint density at radius 3 is 2.54 bits per heavy atom. The van der Waals surface area contributed by atoms with Crippen LogP contribution in [0.4, 0.5) is 0 Å². The van der Waals surface area contributed by atoms with Gasteiger partial charge in [-0.15, -0.1) is 11.3 Å². The van der Waals surface area contributed by atoms with Crippen LogP contribution in [0.3, 0.4) is 0 Å². The Morgan fingerprint density at radius 1 is 1.29 bits per heavy atom. The van der Waals surface area contributed by atoms with E-state index in [1.807, 2.05) is 38.7 Å². The summed E-state index contributed by atoms with van der Waals surface area (Å²) in [5.41, 5.74) is 0.851. The highest BCUT2D eigenvalue weighted by Gasteiger charge is 2.25. The van der Waals surface area contributed by atoms with Gasteiger partial charge in [0.05, 0.1) is 12.1 Å². The van der Waals surface area contributed by atoms with E-state index in [1.54, 1.807) is 11.3 Å². The second-order valence-electron chi connectivity index (χ2n) is 6.60. The van der Waals surface area contributed by atoms with E-state index in [1.165, 1.54) is 4.88 Å². The minimum atomic E-state index is 0.149. The Labute approximate surface area is 146 Å². The summed E-state index contributed by atoms with van der Waals surface area (Å²) >= 11 is 1.68. The first kappa shape index (κ1) is 17.1. The number of piperazine rings is 1. The zero-order chi connectivity index (χ0) is 17.3. The summed E-state index contributed by atoms with van der Waals surface area (Å²) in [6.45, 7) is 11.9. The van der Waals surface area contributed by atoms with Gasteiger partial charge in [0.2, 0.25) is 5.89 Å². The van der Waals surface area contributed by atoms with Gasteiger partial charge < -0.3 is 9.42 Å². The number of hydrogen-bond donors (Lipinski definition) is 0. The van der Waals surface area contributed by atoms with Crippen molar-refractivity contribution in [1.29, 1.82) is 0 Å². The highest BCUT2D eigenvalue weighted by atomic mass is 32.1. The van der Waals surface area contributed by atoms with Crippen LogP contribution >= 0.6 is 11.3 Å². The molecular weight excluding hydrogens is 324 g/mol. The summed E-state index contributed by atoms with van der Waals surface area (Å²) in [6, 6.07) is 2.00. The number of nitrogens with zero attached hydrogens (tertiary/aromatic N) is 4. The lowest BCUT2D eigenvalue weighted by atomic mass is 10.2. The normalized spacial score (nSPS) is 16.1. The third-order valence-corrected chi connectivity index (χ3v) is 5.26. The monoisotopic (exact) mass is 348 g/mol. The predicted molar refractivity (Wildman–Crippen MR) is 93.4 cm³/mol. The first-order valence-electron chi connectivity index (χ1n) is 8.35. The van der Waals surface area contributed by atoms with Crippen LogP contribution in [0.15, 0.2) is 10.6 Å². The molecule has 3 heterocycles. The summed E-state index contributed by atoms with van der Waals surface area (Å²) in [5.74, 6) is 1.83. The minimum Gasteiger partial charge on any atom is -0.338 e. The van der Waals surface area contributed by atoms with E-state index < -0.39 is 0 Å². The number of thiophene rings is 1. The van der Waals surface area contributed by atoms with E-state index in [9.17, 15) is 4.79 Å². The molecule has 2 aromatic rings. The molecule has 1 aliphatic heterocycles. The molecule has 0 radical (unpaired) electrons. The fourth-order valence-electron chi connectivity index (χ4n) is 2.88. The van der Waals surface area contributed by atoms with E-state index in [0.29, 0.717) is 12.4 Å². The van der Waals surface area contributed by atoms with Crippen LogP contribution in [-0.4, -0.2) is 52.0 Å². The Balaban J connectivity index is 1.55. The quantitative estimate of drug-likeness (QED) is 0.850. The van der Waals surface area contributed by atoms with Crippen molar-refractivity contribution >= 4 is 17.2 Å². The van der Waals surface area contributed by atoms with Crippen molar-refractivity contribution in [2.24, 2.45) is 0 Å². The molecular formula is C17H24N4O2S. The topological polar surface area (TPSA) is 62.5 Å². The number of hydrogen-bond acceptors (Lipinski definition) is 6. The second-order valence-corrected chi connectivity index (χ2v) is 8.06. The maximum absolute atomic E-state index is 12.7. The fourth-order valence-corrected chi connectivity index (χ4v) is 3.80. The van der Waals surface area contributed by atoms with Gasteiger partial charge in [0.25, 0.3) is 5.91 Å². The van der Waals surface area contributed by atoms with Crippen molar-refractivity contribution in [2.75, 3.05) is 26.2 Å². The minimum absolute atomic E-state index is 0.149. The van der Waals surface area contributed by atoms with Gasteiger partial charge in [0.1, 0.15) is 0 Å². The largest absolute Gasteiger partial charge is 0.338 e. The average molecular weight is 348 g/mol. The van der Waals surface area contributed by atoms with E-state index in [0.717, 1.165) is 42.4 Å². The summed E-state index contributed by atoms with van der Waals surface area (Å²) in [6.07, 6.45) is 0. The molecule has 1 fully saturated rings. The van der Waals surface area contributed by atoms with Crippen molar-refractivity contribution in [1.82, 2.24) is 19.9 Å². The molecule has 0 N–H and O–H groups in total. The van der Waals surface area contributed by atoms with Gasteiger partial charge >= 0.3 is 0 Å². The van der Waals surface area contributed by atoms with E-state index in [-0.39, 0.29) is 11.8 Å². The first-order valence-corrected chi connectivity index (χ1v) is 9.17. The zero-order valence-electron chi connectivity index (χ0n) is 14.7. The van der Waals surface area contributed by atoms with Crippen LogP contribution in [0.2, 0.25) is 0 Å². The van der Waals surface area contributed by atoms with Gasteiger partial charge in [-0.3, -0.25) is 9.69 Å². The molecule has 2 aromatic heterocycles. The number of carbonyl (C=O) groups is 1. The number of aromatic nitrogens is 2. The maximum atomic E-state index is 12.7. The molecule has 0 unspecified atom stereocenters. The molecule has 1 amide bonds. The van der Waals surface area contributed by atoms with Crippen molar-refractivity contribution in [3.8, 4) is 0 Å². The van der Waals surface area contributed by atoms with Crippen LogP contribution in [0, 0.1) is 13.8 Å². The molecule has 24 heavy (non-hydrogen) atoms. The molecule has 0 aromatic carbocycles. The Kier molecular flexibility index (Phi) is 5.01. The predicted octanol–water partition coefficient (Wildman–Crippen LogP) is 2.83. The van der Waals surface area contributed by atoms with Gasteiger partial charge in [-0.25, -0.2) is 0 Å². The number of amides is 1. The molecule has 0 spiro atoms. The smallest absolute Gasteiger partial charge is 0.255 e. The molecule has 1 saturated heterocycles. The van der Waals surface area contributed by atoms with Gasteiger partial charge in [0, 0.05) is 41.9 Å². The SMILES string of the molecule is Cc1cc(C(=O)N2CCN(Cc3nc(C(C)C)no3)CC2)c(C)s1. The first-order chi connectivity index (χ1) is 11.4. The second kappa shape index (κ2) is 7.03. The molecule has 7 heteroatoms. The van der Waals surface area contributed by atoms with Crippen LogP contribution in [0.1, 0.15) is 51.6 Å². The fraction of sp³-hybridized carbons (Fsp3) is 0.588. The van der Waals surface area contributed by atoms with Crippen LogP contribution in [0.5, 0.6) is 0 Å². The Bertz CT molecular complexity index is 714. The Morgan fingerprint density at radius 2 is 2.00 bits per heavy atom. The molecule has 1 aliphatic rings. The number of carbonyl (C=O) groups excluding carboxylic acids is 1. The average Bonchev–Trinajstić information content (AvgIpc) is 3.14. The summed E-state index contributed by atoms with van der Waals surface area (Å²) < 4.78 is 5.31. The highest BCUT2D eigenvalue weighted by Crippen LogP contribution is 2.22. The third kappa shape index (κ3) is 3.67. The summed E-state index contributed by atoms with van der Waals surface area (Å²) in [7, 11) is 0. The van der Waals surface area contributed by atoms with Gasteiger partial charge in [-0.05, 0) is 19.9 Å². The highest BCUT2D eigenvalue weighted by molar-refractivity contribution is 7.12. The zero-order valence-corrected chi connectivity index (χ0v) is 15.5. The number of rotatable bonds is 4. The van der Waals surface area contributed by atoms with Gasteiger partial charge in [-0.1, -0.05) is 19.0 Å². The lowest BCUT2D eigenvalue weighted by Gasteiger charge is -2.34. The molecule has 130 valence electrons. The van der Waals surface area contributed by atoms with Gasteiger partial charge in [0.15, 0.2) is 5.82 Å². The molecule has 0 bridgehead atoms. The van der Waals surface area contributed by atoms with E-state index in [2.05, 4.69) is 15.0 Å². The van der Waals surface area contributed by atoms with Crippen molar-refractivity contribution < 1.29 is 9.32 Å². The molecule has 6 nitrogen and oxygen atoms in total. The summed E-state index contributed by atoms with van der Waals surface area (Å²) in [4.78, 5) is 23.6. The molecule has 0 saturated carbocycles. The van der Waals surface area contributed by atoms with Crippen LogP contribution < -0.4 is 0 Å². The van der Waals surface area contributed by atoms with Crippen molar-refractivity contribution in [3.05, 3.63) is 33.1 Å². The van der Waals surface area contributed by atoms with Crippen LogP contribution in [-0.2, 0) is 6.54 Å².